The molecule has 12 heteroatoms. The number of anilines is 2. The van der Waals surface area contributed by atoms with E-state index in [0.29, 0.717) is 62.1 Å². The second-order valence-electron chi connectivity index (χ2n) is 9.76. The van der Waals surface area contributed by atoms with Gasteiger partial charge in [0.25, 0.3) is 0 Å². The number of fused-ring (bicyclic) bond motifs is 1. The van der Waals surface area contributed by atoms with E-state index in [9.17, 15) is 17.2 Å². The lowest BCUT2D eigenvalue weighted by atomic mass is 10.1. The molecule has 3 aromatic rings. The van der Waals surface area contributed by atoms with Crippen LogP contribution < -0.4 is 14.5 Å². The van der Waals surface area contributed by atoms with Gasteiger partial charge < -0.3 is 14.5 Å². The molecule has 9 nitrogen and oxygen atoms in total. The molecule has 0 N–H and O–H groups in total. The number of hydrogen-bond donors (Lipinski definition) is 0. The first-order chi connectivity index (χ1) is 18.1. The number of hydrogen-bond acceptors (Lipinski definition) is 8. The third-order valence-electron chi connectivity index (χ3n) is 6.82. The van der Waals surface area contributed by atoms with Crippen LogP contribution >= 0.6 is 0 Å². The van der Waals surface area contributed by atoms with Crippen LogP contribution in [0.4, 0.5) is 20.2 Å². The predicted octanol–water partition coefficient (Wildman–Crippen LogP) is 3.10. The summed E-state index contributed by atoms with van der Waals surface area (Å²) in [6.07, 6.45) is 4.32. The molecule has 202 valence electrons. The van der Waals surface area contributed by atoms with Crippen molar-refractivity contribution < 1.29 is 21.9 Å². The lowest BCUT2D eigenvalue weighted by molar-refractivity contribution is 0.287. The fourth-order valence-corrected chi connectivity index (χ4v) is 5.64. The number of nitrogens with zero attached hydrogens (tertiary/aromatic N) is 6. The molecule has 0 saturated carbocycles. The van der Waals surface area contributed by atoms with Gasteiger partial charge in [-0.1, -0.05) is 0 Å². The van der Waals surface area contributed by atoms with Gasteiger partial charge in [-0.3, -0.25) is 4.98 Å². The van der Waals surface area contributed by atoms with Crippen molar-refractivity contribution in [1.29, 1.82) is 0 Å². The Hall–Kier alpha value is -3.38. The van der Waals surface area contributed by atoms with E-state index in [1.54, 1.807) is 12.3 Å². The molecule has 0 spiro atoms. The summed E-state index contributed by atoms with van der Waals surface area (Å²) in [6, 6.07) is 6.84. The highest BCUT2D eigenvalue weighted by atomic mass is 32.2. The fraction of sp³-hybridized carbons (Fsp3) is 0.423. The number of ether oxygens (including phenoxy) is 1. The van der Waals surface area contributed by atoms with E-state index in [1.165, 1.54) is 16.6 Å². The van der Waals surface area contributed by atoms with E-state index in [2.05, 4.69) is 19.9 Å². The van der Waals surface area contributed by atoms with Crippen LogP contribution in [-0.4, -0.2) is 79.3 Å². The number of piperazine rings is 1. The molecule has 0 aliphatic carbocycles. The van der Waals surface area contributed by atoms with Gasteiger partial charge in [-0.2, -0.15) is 4.31 Å². The van der Waals surface area contributed by atoms with Crippen molar-refractivity contribution in [3.05, 3.63) is 59.8 Å². The van der Waals surface area contributed by atoms with Crippen LogP contribution in [0, 0.1) is 11.6 Å². The molecule has 0 bridgehead atoms. The topological polar surface area (TPSA) is 91.8 Å². The molecule has 2 aliphatic rings. The van der Waals surface area contributed by atoms with Gasteiger partial charge in [0.2, 0.25) is 10.0 Å². The third kappa shape index (κ3) is 5.41. The predicted molar refractivity (Wildman–Crippen MR) is 141 cm³/mol. The normalized spacial score (nSPS) is 16.5. The smallest absolute Gasteiger partial charge is 0.211 e. The zero-order valence-corrected chi connectivity index (χ0v) is 22.4. The molecule has 0 unspecified atom stereocenters. The highest BCUT2D eigenvalue weighted by molar-refractivity contribution is 7.88. The average Bonchev–Trinajstić information content (AvgIpc) is 2.89. The second-order valence-corrected chi connectivity index (χ2v) is 11.7. The van der Waals surface area contributed by atoms with Crippen molar-refractivity contribution in [3.63, 3.8) is 0 Å². The maximum Gasteiger partial charge on any atom is 0.211 e. The van der Waals surface area contributed by atoms with Crippen LogP contribution in [0.5, 0.6) is 5.75 Å². The summed E-state index contributed by atoms with van der Waals surface area (Å²) < 4.78 is 60.3. The van der Waals surface area contributed by atoms with Crippen LogP contribution in [0.25, 0.3) is 11.3 Å². The van der Waals surface area contributed by atoms with Crippen molar-refractivity contribution in [2.75, 3.05) is 55.4 Å². The Labute approximate surface area is 221 Å². The number of sulfonamides is 1. The van der Waals surface area contributed by atoms with Crippen molar-refractivity contribution in [3.8, 4) is 17.0 Å². The Bertz CT molecular complexity index is 1430. The van der Waals surface area contributed by atoms with Crippen molar-refractivity contribution >= 4 is 21.4 Å². The third-order valence-corrected chi connectivity index (χ3v) is 8.13. The van der Waals surface area contributed by atoms with Crippen LogP contribution in [0.2, 0.25) is 0 Å². The van der Waals surface area contributed by atoms with E-state index >= 15 is 0 Å². The summed E-state index contributed by atoms with van der Waals surface area (Å²) in [5.74, 6) is -0.668. The minimum absolute atomic E-state index is 0.0198. The molecule has 5 rings (SSSR count). The molecular formula is C26H30F2N6O3S. The molecule has 0 radical (unpaired) electrons. The molecule has 1 fully saturated rings. The van der Waals surface area contributed by atoms with E-state index in [1.807, 2.05) is 30.9 Å². The Balaban J connectivity index is 1.34. The van der Waals surface area contributed by atoms with Gasteiger partial charge in [-0.05, 0) is 38.1 Å². The van der Waals surface area contributed by atoms with E-state index < -0.39 is 21.7 Å². The van der Waals surface area contributed by atoms with Crippen molar-refractivity contribution in [2.45, 2.75) is 26.3 Å². The summed E-state index contributed by atoms with van der Waals surface area (Å²) >= 11 is 0. The van der Waals surface area contributed by atoms with Crippen molar-refractivity contribution in [2.24, 2.45) is 0 Å². The summed E-state index contributed by atoms with van der Waals surface area (Å²) in [4.78, 5) is 17.2. The SMILES string of the molecule is CC(C)N1CCOc2c(F)cc(-c3nc(Cc4ccc(N5CCN(S(C)(=O)=O)CC5)cn4)ncc3F)cc21. The van der Waals surface area contributed by atoms with Gasteiger partial charge in [0, 0.05) is 43.5 Å². The quantitative estimate of drug-likeness (QED) is 0.468. The van der Waals surface area contributed by atoms with Crippen molar-refractivity contribution in [1.82, 2.24) is 19.3 Å². The molecule has 0 atom stereocenters. The maximum atomic E-state index is 14.9. The Morgan fingerprint density at radius 2 is 1.76 bits per heavy atom. The summed E-state index contributed by atoms with van der Waals surface area (Å²) in [5.41, 5.74) is 2.50. The van der Waals surface area contributed by atoms with E-state index in [4.69, 9.17) is 4.74 Å². The number of rotatable bonds is 6. The van der Waals surface area contributed by atoms with Gasteiger partial charge in [0.15, 0.2) is 17.4 Å². The lowest BCUT2D eigenvalue weighted by Gasteiger charge is -2.34. The number of halogens is 2. The molecule has 2 aromatic heterocycles. The fourth-order valence-electron chi connectivity index (χ4n) is 4.81. The van der Waals surface area contributed by atoms with Gasteiger partial charge in [0.1, 0.15) is 18.1 Å². The summed E-state index contributed by atoms with van der Waals surface area (Å²) in [7, 11) is -3.19. The summed E-state index contributed by atoms with van der Waals surface area (Å²) in [5, 5.41) is 0. The van der Waals surface area contributed by atoms with Crippen LogP contribution in [0.15, 0.2) is 36.7 Å². The van der Waals surface area contributed by atoms with Gasteiger partial charge >= 0.3 is 0 Å². The highest BCUT2D eigenvalue weighted by Crippen LogP contribution is 2.39. The maximum absolute atomic E-state index is 14.9. The monoisotopic (exact) mass is 544 g/mol. The van der Waals surface area contributed by atoms with Gasteiger partial charge in [0.05, 0.1) is 43.0 Å². The zero-order valence-electron chi connectivity index (χ0n) is 21.6. The number of benzene rings is 1. The molecule has 1 aromatic carbocycles. The first-order valence-corrected chi connectivity index (χ1v) is 14.3. The number of aromatic nitrogens is 3. The van der Waals surface area contributed by atoms with E-state index in [-0.39, 0.29) is 23.9 Å². The number of pyridine rings is 1. The summed E-state index contributed by atoms with van der Waals surface area (Å²) in [6.45, 7) is 7.03. The molecule has 1 saturated heterocycles. The molecule has 2 aliphatic heterocycles. The molecule has 4 heterocycles. The molecule has 0 amide bonds. The molecular weight excluding hydrogens is 514 g/mol. The standard InChI is InChI=1S/C26H30F2N6O3S/c1-17(2)34-10-11-37-26-21(27)12-18(13-23(26)34)25-22(28)16-30-24(31-25)14-19-4-5-20(15-29-19)32-6-8-33(9-7-32)38(3,35)36/h4-5,12-13,15-17H,6-11,14H2,1-3H3. The first-order valence-electron chi connectivity index (χ1n) is 12.5. The minimum Gasteiger partial charge on any atom is -0.486 e. The van der Waals surface area contributed by atoms with Crippen LogP contribution in [0.1, 0.15) is 25.4 Å². The van der Waals surface area contributed by atoms with Crippen LogP contribution in [0.3, 0.4) is 0 Å². The Kier molecular flexibility index (Phi) is 7.19. The van der Waals surface area contributed by atoms with Gasteiger partial charge in [-0.15, -0.1) is 0 Å². The highest BCUT2D eigenvalue weighted by Gasteiger charge is 2.26. The average molecular weight is 545 g/mol. The van der Waals surface area contributed by atoms with Crippen LogP contribution in [-0.2, 0) is 16.4 Å². The lowest BCUT2D eigenvalue weighted by Crippen LogP contribution is -2.48. The molecule has 38 heavy (non-hydrogen) atoms. The van der Waals surface area contributed by atoms with E-state index in [0.717, 1.165) is 11.9 Å². The largest absolute Gasteiger partial charge is 0.486 e. The second kappa shape index (κ2) is 10.4. The van der Waals surface area contributed by atoms with Gasteiger partial charge in [-0.25, -0.2) is 27.2 Å². The minimum atomic E-state index is -3.19. The first kappa shape index (κ1) is 26.2. The zero-order chi connectivity index (χ0) is 27.0. The Morgan fingerprint density at radius 3 is 2.42 bits per heavy atom. The Morgan fingerprint density at radius 1 is 1.00 bits per heavy atom.